The van der Waals surface area contributed by atoms with Crippen LogP contribution in [0.3, 0.4) is 0 Å². The lowest BCUT2D eigenvalue weighted by atomic mass is 10.2. The Labute approximate surface area is 109 Å². The summed E-state index contributed by atoms with van der Waals surface area (Å²) >= 11 is 0. The Morgan fingerprint density at radius 2 is 2.28 bits per heavy atom. The van der Waals surface area contributed by atoms with Crippen molar-refractivity contribution in [2.24, 2.45) is 5.73 Å². The Morgan fingerprint density at radius 1 is 1.44 bits per heavy atom. The van der Waals surface area contributed by atoms with Crippen LogP contribution in [0.1, 0.15) is 12.0 Å². The van der Waals surface area contributed by atoms with Gasteiger partial charge in [-0.3, -0.25) is 4.90 Å². The van der Waals surface area contributed by atoms with E-state index in [9.17, 15) is 0 Å². The Hall–Kier alpha value is -1.10. The number of hydrogen-bond acceptors (Lipinski definition) is 4. The van der Waals surface area contributed by atoms with E-state index in [-0.39, 0.29) is 6.10 Å². The molecule has 1 unspecified atom stereocenters. The van der Waals surface area contributed by atoms with Gasteiger partial charge >= 0.3 is 0 Å². The highest BCUT2D eigenvalue weighted by Crippen LogP contribution is 2.22. The highest BCUT2D eigenvalue weighted by atomic mass is 16.5. The summed E-state index contributed by atoms with van der Waals surface area (Å²) in [6.45, 7) is 4.22. The quantitative estimate of drug-likeness (QED) is 0.854. The van der Waals surface area contributed by atoms with Crippen LogP contribution in [0.5, 0.6) is 5.75 Å². The number of rotatable bonds is 5. The topological polar surface area (TPSA) is 47.7 Å². The van der Waals surface area contributed by atoms with Crippen LogP contribution in [0.2, 0.25) is 0 Å². The second-order valence-electron chi connectivity index (χ2n) is 4.61. The fourth-order valence-electron chi connectivity index (χ4n) is 2.23. The number of hydrogen-bond donors (Lipinski definition) is 1. The molecule has 1 aliphatic heterocycles. The molecule has 4 nitrogen and oxygen atoms in total. The summed E-state index contributed by atoms with van der Waals surface area (Å²) in [5, 5.41) is 0. The van der Waals surface area contributed by atoms with Crippen LogP contribution in [0.25, 0.3) is 0 Å². The predicted octanol–water partition coefficient (Wildman–Crippen LogP) is 1.24. The third kappa shape index (κ3) is 3.45. The summed E-state index contributed by atoms with van der Waals surface area (Å²) in [5.41, 5.74) is 6.90. The first-order chi connectivity index (χ1) is 8.83. The van der Waals surface area contributed by atoms with Gasteiger partial charge in [-0.05, 0) is 12.5 Å². The molecule has 0 aliphatic carbocycles. The molecule has 18 heavy (non-hydrogen) atoms. The van der Waals surface area contributed by atoms with E-state index in [0.29, 0.717) is 6.54 Å². The van der Waals surface area contributed by atoms with Gasteiger partial charge in [-0.1, -0.05) is 18.2 Å². The van der Waals surface area contributed by atoms with E-state index in [1.54, 1.807) is 7.11 Å². The summed E-state index contributed by atoms with van der Waals surface area (Å²) in [6, 6.07) is 8.24. The zero-order valence-electron chi connectivity index (χ0n) is 11.0. The number of methoxy groups -OCH3 is 1. The van der Waals surface area contributed by atoms with Crippen molar-refractivity contribution in [2.45, 2.75) is 19.1 Å². The summed E-state index contributed by atoms with van der Waals surface area (Å²) < 4.78 is 11.0. The molecule has 1 atom stereocenters. The summed E-state index contributed by atoms with van der Waals surface area (Å²) in [6.07, 6.45) is 1.12. The van der Waals surface area contributed by atoms with Gasteiger partial charge in [-0.25, -0.2) is 0 Å². The van der Waals surface area contributed by atoms with Crippen molar-refractivity contribution in [3.05, 3.63) is 29.8 Å². The van der Waals surface area contributed by atoms with E-state index in [0.717, 1.165) is 38.4 Å². The second kappa shape index (κ2) is 6.73. The lowest BCUT2D eigenvalue weighted by Crippen LogP contribution is -2.32. The van der Waals surface area contributed by atoms with Gasteiger partial charge in [-0.2, -0.15) is 0 Å². The maximum atomic E-state index is 5.74. The molecule has 4 heteroatoms. The van der Waals surface area contributed by atoms with Gasteiger partial charge in [0.25, 0.3) is 0 Å². The van der Waals surface area contributed by atoms with E-state index in [2.05, 4.69) is 17.0 Å². The third-order valence-electron chi connectivity index (χ3n) is 3.40. The van der Waals surface area contributed by atoms with Gasteiger partial charge in [-0.15, -0.1) is 0 Å². The fraction of sp³-hybridized carbons (Fsp3) is 0.571. The smallest absolute Gasteiger partial charge is 0.123 e. The lowest BCUT2D eigenvalue weighted by molar-refractivity contribution is 0.0872. The molecule has 0 radical (unpaired) electrons. The van der Waals surface area contributed by atoms with Crippen LogP contribution in [0, 0.1) is 0 Å². The highest BCUT2D eigenvalue weighted by Gasteiger charge is 2.15. The van der Waals surface area contributed by atoms with Crippen molar-refractivity contribution >= 4 is 0 Å². The van der Waals surface area contributed by atoms with Gasteiger partial charge in [0.2, 0.25) is 0 Å². The average molecular weight is 250 g/mol. The van der Waals surface area contributed by atoms with Crippen molar-refractivity contribution in [3.63, 3.8) is 0 Å². The van der Waals surface area contributed by atoms with Crippen LogP contribution in [-0.4, -0.2) is 44.4 Å². The molecule has 100 valence electrons. The molecule has 1 aromatic rings. The van der Waals surface area contributed by atoms with Crippen molar-refractivity contribution in [3.8, 4) is 5.75 Å². The summed E-state index contributed by atoms with van der Waals surface area (Å²) in [5.74, 6) is 1.02. The van der Waals surface area contributed by atoms with Crippen molar-refractivity contribution < 1.29 is 9.47 Å². The molecule has 0 fully saturated rings. The number of nitrogens with two attached hydrogens (primary N) is 1. The Bertz CT molecular complexity index is 367. The molecule has 2 N–H and O–H groups in total. The number of ether oxygens (including phenoxy) is 2. The van der Waals surface area contributed by atoms with Gasteiger partial charge in [0.15, 0.2) is 0 Å². The molecule has 1 heterocycles. The molecule has 0 aromatic heterocycles. The van der Waals surface area contributed by atoms with Crippen LogP contribution >= 0.6 is 0 Å². The molecule has 0 amide bonds. The van der Waals surface area contributed by atoms with Crippen LogP contribution in [-0.2, 0) is 11.3 Å². The number of benzene rings is 1. The molecule has 0 spiro atoms. The van der Waals surface area contributed by atoms with E-state index in [1.807, 2.05) is 12.1 Å². The number of fused-ring (bicyclic) bond motifs is 1. The predicted molar refractivity (Wildman–Crippen MR) is 71.7 cm³/mol. The molecule has 1 aromatic carbocycles. The monoisotopic (exact) mass is 250 g/mol. The van der Waals surface area contributed by atoms with Crippen LogP contribution in [0.4, 0.5) is 0 Å². The van der Waals surface area contributed by atoms with E-state index in [4.69, 9.17) is 15.2 Å². The van der Waals surface area contributed by atoms with Crippen molar-refractivity contribution in [2.75, 3.05) is 33.4 Å². The molecule has 2 rings (SSSR count). The molecular formula is C14H22N2O2. The third-order valence-corrected chi connectivity index (χ3v) is 3.40. The van der Waals surface area contributed by atoms with E-state index >= 15 is 0 Å². The maximum absolute atomic E-state index is 5.74. The fourth-order valence-corrected chi connectivity index (χ4v) is 2.23. The van der Waals surface area contributed by atoms with Crippen LogP contribution < -0.4 is 10.5 Å². The minimum atomic E-state index is 0.157. The number of nitrogens with zero attached hydrogens (tertiary/aromatic N) is 1. The first-order valence-electron chi connectivity index (χ1n) is 6.49. The molecule has 0 saturated carbocycles. The SMILES string of the molecule is COC(CN)CCN1CCOc2ccccc2C1. The number of para-hydroxylation sites is 1. The van der Waals surface area contributed by atoms with Crippen molar-refractivity contribution in [1.82, 2.24) is 4.90 Å². The Kier molecular flexibility index (Phi) is 4.99. The molecule has 1 aliphatic rings. The zero-order valence-corrected chi connectivity index (χ0v) is 11.0. The van der Waals surface area contributed by atoms with Gasteiger partial charge in [0, 0.05) is 38.9 Å². The first kappa shape index (κ1) is 13.3. The highest BCUT2D eigenvalue weighted by molar-refractivity contribution is 5.33. The second-order valence-corrected chi connectivity index (χ2v) is 4.61. The maximum Gasteiger partial charge on any atom is 0.123 e. The first-order valence-corrected chi connectivity index (χ1v) is 6.49. The summed E-state index contributed by atoms with van der Waals surface area (Å²) in [7, 11) is 1.72. The average Bonchev–Trinajstić information content (AvgIpc) is 2.61. The van der Waals surface area contributed by atoms with Crippen LogP contribution in [0.15, 0.2) is 24.3 Å². The normalized spacial score (nSPS) is 17.7. The van der Waals surface area contributed by atoms with Gasteiger partial charge in [0.05, 0.1) is 6.10 Å². The Balaban J connectivity index is 1.91. The zero-order chi connectivity index (χ0) is 12.8. The molecule has 0 bridgehead atoms. The van der Waals surface area contributed by atoms with Crippen molar-refractivity contribution in [1.29, 1.82) is 0 Å². The van der Waals surface area contributed by atoms with Gasteiger partial charge < -0.3 is 15.2 Å². The lowest BCUT2D eigenvalue weighted by Gasteiger charge is -2.21. The minimum absolute atomic E-state index is 0.157. The van der Waals surface area contributed by atoms with E-state index in [1.165, 1.54) is 5.56 Å². The summed E-state index contributed by atoms with van der Waals surface area (Å²) in [4.78, 5) is 2.40. The van der Waals surface area contributed by atoms with E-state index < -0.39 is 0 Å². The standard InChI is InChI=1S/C14H22N2O2/c1-17-13(10-15)6-7-16-8-9-18-14-5-3-2-4-12(14)11-16/h2-5,13H,6-11,15H2,1H3. The molecule has 0 saturated heterocycles. The minimum Gasteiger partial charge on any atom is -0.492 e. The van der Waals surface area contributed by atoms with Gasteiger partial charge in [0.1, 0.15) is 12.4 Å². The molecular weight excluding hydrogens is 228 g/mol. The Morgan fingerprint density at radius 3 is 3.06 bits per heavy atom. The largest absolute Gasteiger partial charge is 0.492 e.